The molecule has 0 amide bonds. The van der Waals surface area contributed by atoms with Gasteiger partial charge in [0.05, 0.1) is 0 Å². The lowest BCUT2D eigenvalue weighted by Crippen LogP contribution is -2.29. The third-order valence-electron chi connectivity index (χ3n) is 1.04. The molecule has 0 aromatic carbocycles. The Morgan fingerprint density at radius 2 is 2.00 bits per heavy atom. The SMILES string of the molecule is CC(C)=NNCCNCCN. The van der Waals surface area contributed by atoms with Crippen LogP contribution in [0.25, 0.3) is 0 Å². The van der Waals surface area contributed by atoms with Gasteiger partial charge in [-0.15, -0.1) is 0 Å². The summed E-state index contributed by atoms with van der Waals surface area (Å²) < 4.78 is 0. The van der Waals surface area contributed by atoms with Crippen LogP contribution in [0.5, 0.6) is 0 Å². The molecule has 0 radical (unpaired) electrons. The molecule has 0 bridgehead atoms. The van der Waals surface area contributed by atoms with Crippen molar-refractivity contribution in [3.63, 3.8) is 0 Å². The smallest absolute Gasteiger partial charge is 0.0454 e. The molecule has 0 fully saturated rings. The van der Waals surface area contributed by atoms with Crippen molar-refractivity contribution in [3.05, 3.63) is 0 Å². The van der Waals surface area contributed by atoms with Crippen LogP contribution in [0.4, 0.5) is 0 Å². The van der Waals surface area contributed by atoms with E-state index in [2.05, 4.69) is 15.8 Å². The van der Waals surface area contributed by atoms with Gasteiger partial charge in [0.2, 0.25) is 0 Å². The van der Waals surface area contributed by atoms with E-state index >= 15 is 0 Å². The van der Waals surface area contributed by atoms with Gasteiger partial charge in [-0.2, -0.15) is 5.10 Å². The summed E-state index contributed by atoms with van der Waals surface area (Å²) in [6, 6.07) is 0. The standard InChI is InChI=1S/C7H18N4/c1-7(2)11-10-6-5-9-4-3-8/h9-10H,3-6,8H2,1-2H3. The second-order valence-electron chi connectivity index (χ2n) is 2.51. The average molecular weight is 158 g/mol. The summed E-state index contributed by atoms with van der Waals surface area (Å²) in [6.07, 6.45) is 0. The summed E-state index contributed by atoms with van der Waals surface area (Å²) in [4.78, 5) is 0. The molecule has 0 atom stereocenters. The summed E-state index contributed by atoms with van der Waals surface area (Å²) >= 11 is 0. The summed E-state index contributed by atoms with van der Waals surface area (Å²) in [5.74, 6) is 0. The van der Waals surface area contributed by atoms with E-state index in [0.29, 0.717) is 6.54 Å². The number of hydrogen-bond acceptors (Lipinski definition) is 4. The minimum absolute atomic E-state index is 0.691. The van der Waals surface area contributed by atoms with Crippen LogP contribution < -0.4 is 16.5 Å². The lowest BCUT2D eigenvalue weighted by molar-refractivity contribution is 0.633. The number of hydrazone groups is 1. The Labute approximate surface area is 68.2 Å². The number of nitrogens with one attached hydrogen (secondary N) is 2. The third-order valence-corrected chi connectivity index (χ3v) is 1.04. The Balaban J connectivity index is 2.97. The van der Waals surface area contributed by atoms with E-state index in [1.165, 1.54) is 0 Å². The molecule has 0 aliphatic heterocycles. The van der Waals surface area contributed by atoms with Crippen molar-refractivity contribution in [2.24, 2.45) is 10.8 Å². The van der Waals surface area contributed by atoms with Gasteiger partial charge in [0, 0.05) is 31.9 Å². The highest BCUT2D eigenvalue weighted by Crippen LogP contribution is 1.67. The van der Waals surface area contributed by atoms with Gasteiger partial charge in [0.15, 0.2) is 0 Å². The molecule has 0 rings (SSSR count). The third kappa shape index (κ3) is 9.39. The van der Waals surface area contributed by atoms with Crippen LogP contribution in [0.2, 0.25) is 0 Å². The second kappa shape index (κ2) is 7.50. The normalized spacial score (nSPS) is 9.36. The highest BCUT2D eigenvalue weighted by atomic mass is 15.3. The van der Waals surface area contributed by atoms with Crippen LogP contribution in [0.1, 0.15) is 13.8 Å². The summed E-state index contributed by atoms with van der Waals surface area (Å²) in [5, 5.41) is 7.17. The van der Waals surface area contributed by atoms with Crippen LogP contribution in [0.15, 0.2) is 5.10 Å². The van der Waals surface area contributed by atoms with Crippen molar-refractivity contribution in [1.29, 1.82) is 0 Å². The predicted octanol–water partition coefficient (Wildman–Crippen LogP) is -0.480. The van der Waals surface area contributed by atoms with E-state index < -0.39 is 0 Å². The Bertz CT molecular complexity index is 107. The van der Waals surface area contributed by atoms with E-state index in [1.807, 2.05) is 13.8 Å². The maximum Gasteiger partial charge on any atom is 0.0454 e. The van der Waals surface area contributed by atoms with Crippen LogP contribution in [-0.2, 0) is 0 Å². The Morgan fingerprint density at radius 3 is 2.55 bits per heavy atom. The van der Waals surface area contributed by atoms with E-state index in [4.69, 9.17) is 5.73 Å². The van der Waals surface area contributed by atoms with Crippen molar-refractivity contribution in [1.82, 2.24) is 10.7 Å². The van der Waals surface area contributed by atoms with Gasteiger partial charge >= 0.3 is 0 Å². The fraction of sp³-hybridized carbons (Fsp3) is 0.857. The van der Waals surface area contributed by atoms with Crippen LogP contribution >= 0.6 is 0 Å². The Hall–Kier alpha value is -0.610. The van der Waals surface area contributed by atoms with E-state index in [1.54, 1.807) is 0 Å². The fourth-order valence-electron chi connectivity index (χ4n) is 0.585. The average Bonchev–Trinajstić information content (AvgIpc) is 1.96. The lowest BCUT2D eigenvalue weighted by Gasteiger charge is -2.02. The number of rotatable bonds is 6. The molecular weight excluding hydrogens is 140 g/mol. The van der Waals surface area contributed by atoms with E-state index in [9.17, 15) is 0 Å². The fourth-order valence-corrected chi connectivity index (χ4v) is 0.585. The molecule has 0 unspecified atom stereocenters. The molecule has 0 saturated carbocycles. The van der Waals surface area contributed by atoms with E-state index in [0.717, 1.165) is 25.3 Å². The zero-order valence-electron chi connectivity index (χ0n) is 7.35. The molecular formula is C7H18N4. The van der Waals surface area contributed by atoms with Crippen molar-refractivity contribution >= 4 is 5.71 Å². The Morgan fingerprint density at radius 1 is 1.27 bits per heavy atom. The first-order valence-corrected chi connectivity index (χ1v) is 3.92. The van der Waals surface area contributed by atoms with Gasteiger partial charge in [-0.3, -0.25) is 0 Å². The highest BCUT2D eigenvalue weighted by molar-refractivity contribution is 5.78. The van der Waals surface area contributed by atoms with Crippen LogP contribution in [0.3, 0.4) is 0 Å². The number of nitrogens with two attached hydrogens (primary N) is 1. The molecule has 0 spiro atoms. The molecule has 4 heteroatoms. The highest BCUT2D eigenvalue weighted by Gasteiger charge is 1.82. The van der Waals surface area contributed by atoms with Gasteiger partial charge in [0.1, 0.15) is 0 Å². The molecule has 0 saturated heterocycles. The zero-order chi connectivity index (χ0) is 8.53. The number of hydrogen-bond donors (Lipinski definition) is 3. The van der Waals surface area contributed by atoms with Gasteiger partial charge in [-0.25, -0.2) is 0 Å². The minimum Gasteiger partial charge on any atom is -0.329 e. The summed E-state index contributed by atoms with van der Waals surface area (Å²) in [6.45, 7) is 7.24. The maximum atomic E-state index is 5.28. The molecule has 0 aromatic heterocycles. The van der Waals surface area contributed by atoms with Gasteiger partial charge in [-0.05, 0) is 13.8 Å². The molecule has 4 N–H and O–H groups in total. The molecule has 4 nitrogen and oxygen atoms in total. The minimum atomic E-state index is 0.691. The van der Waals surface area contributed by atoms with Gasteiger partial charge in [0.25, 0.3) is 0 Å². The molecule has 0 aliphatic rings. The zero-order valence-corrected chi connectivity index (χ0v) is 7.35. The predicted molar refractivity (Wildman–Crippen MR) is 48.7 cm³/mol. The summed E-state index contributed by atoms with van der Waals surface area (Å²) in [5.41, 5.74) is 9.25. The second-order valence-corrected chi connectivity index (χ2v) is 2.51. The van der Waals surface area contributed by atoms with Crippen molar-refractivity contribution in [3.8, 4) is 0 Å². The number of nitrogens with zero attached hydrogens (tertiary/aromatic N) is 1. The molecule has 0 heterocycles. The molecule has 11 heavy (non-hydrogen) atoms. The van der Waals surface area contributed by atoms with E-state index in [-0.39, 0.29) is 0 Å². The van der Waals surface area contributed by atoms with Crippen molar-refractivity contribution in [2.45, 2.75) is 13.8 Å². The quantitative estimate of drug-likeness (QED) is 0.278. The lowest BCUT2D eigenvalue weighted by atomic mass is 10.5. The first-order valence-electron chi connectivity index (χ1n) is 3.92. The first-order chi connectivity index (χ1) is 5.27. The van der Waals surface area contributed by atoms with Gasteiger partial charge in [-0.1, -0.05) is 0 Å². The topological polar surface area (TPSA) is 62.4 Å². The van der Waals surface area contributed by atoms with Crippen molar-refractivity contribution in [2.75, 3.05) is 26.2 Å². The first kappa shape index (κ1) is 10.4. The molecule has 66 valence electrons. The monoisotopic (exact) mass is 158 g/mol. The van der Waals surface area contributed by atoms with Crippen molar-refractivity contribution < 1.29 is 0 Å². The Kier molecular flexibility index (Phi) is 7.08. The largest absolute Gasteiger partial charge is 0.329 e. The molecule has 0 aromatic rings. The maximum absolute atomic E-state index is 5.28. The van der Waals surface area contributed by atoms with Crippen LogP contribution in [-0.4, -0.2) is 31.9 Å². The summed E-state index contributed by atoms with van der Waals surface area (Å²) in [7, 11) is 0. The van der Waals surface area contributed by atoms with Crippen LogP contribution in [0, 0.1) is 0 Å². The van der Waals surface area contributed by atoms with Gasteiger partial charge < -0.3 is 16.5 Å². The molecule has 0 aliphatic carbocycles.